The highest BCUT2D eigenvalue weighted by Crippen LogP contribution is 2.28. The molecule has 0 radical (unpaired) electrons. The molecule has 0 spiro atoms. The van der Waals surface area contributed by atoms with Crippen molar-refractivity contribution in [2.24, 2.45) is 5.73 Å². The van der Waals surface area contributed by atoms with Gasteiger partial charge in [0, 0.05) is 12.0 Å². The molecule has 2 rings (SSSR count). The predicted molar refractivity (Wildman–Crippen MR) is 52.7 cm³/mol. The van der Waals surface area contributed by atoms with Crippen LogP contribution < -0.4 is 5.73 Å². The van der Waals surface area contributed by atoms with E-state index in [1.54, 1.807) is 0 Å². The zero-order valence-electron chi connectivity index (χ0n) is 8.62. The summed E-state index contributed by atoms with van der Waals surface area (Å²) in [5.74, 6) is 1.38. The SMILES string of the molecule is Cc1noc(CC2(N)CCCCC2)n1. The minimum Gasteiger partial charge on any atom is -0.339 e. The van der Waals surface area contributed by atoms with E-state index in [-0.39, 0.29) is 5.54 Å². The zero-order chi connectivity index (χ0) is 10.0. The molecule has 14 heavy (non-hydrogen) atoms. The lowest BCUT2D eigenvalue weighted by atomic mass is 9.80. The maximum absolute atomic E-state index is 6.27. The molecule has 0 bridgehead atoms. The van der Waals surface area contributed by atoms with Crippen molar-refractivity contribution in [1.82, 2.24) is 10.1 Å². The van der Waals surface area contributed by atoms with Crippen LogP contribution in [0.15, 0.2) is 4.52 Å². The Hall–Kier alpha value is -0.900. The van der Waals surface area contributed by atoms with Crippen LogP contribution in [-0.4, -0.2) is 15.7 Å². The molecule has 1 aliphatic carbocycles. The third kappa shape index (κ3) is 2.12. The van der Waals surface area contributed by atoms with Crippen LogP contribution in [0.5, 0.6) is 0 Å². The molecule has 1 aromatic heterocycles. The summed E-state index contributed by atoms with van der Waals surface area (Å²) in [6.07, 6.45) is 6.64. The largest absolute Gasteiger partial charge is 0.339 e. The Morgan fingerprint density at radius 2 is 2.07 bits per heavy atom. The van der Waals surface area contributed by atoms with E-state index < -0.39 is 0 Å². The molecule has 0 saturated heterocycles. The van der Waals surface area contributed by atoms with E-state index in [2.05, 4.69) is 10.1 Å². The van der Waals surface area contributed by atoms with Crippen LogP contribution in [0.2, 0.25) is 0 Å². The molecule has 78 valence electrons. The van der Waals surface area contributed by atoms with Gasteiger partial charge in [0.1, 0.15) is 0 Å². The van der Waals surface area contributed by atoms with Crippen molar-refractivity contribution in [3.05, 3.63) is 11.7 Å². The number of hydrogen-bond donors (Lipinski definition) is 1. The second-order valence-corrected chi connectivity index (χ2v) is 4.34. The molecule has 4 heteroatoms. The summed E-state index contributed by atoms with van der Waals surface area (Å²) < 4.78 is 5.09. The fourth-order valence-electron chi connectivity index (χ4n) is 2.15. The van der Waals surface area contributed by atoms with Crippen molar-refractivity contribution in [3.8, 4) is 0 Å². The Labute approximate surface area is 83.9 Å². The molecule has 1 saturated carbocycles. The van der Waals surface area contributed by atoms with Gasteiger partial charge in [-0.05, 0) is 19.8 Å². The van der Waals surface area contributed by atoms with Crippen LogP contribution in [-0.2, 0) is 6.42 Å². The first-order valence-electron chi connectivity index (χ1n) is 5.26. The number of aryl methyl sites for hydroxylation is 1. The van der Waals surface area contributed by atoms with Gasteiger partial charge in [-0.2, -0.15) is 4.98 Å². The Bertz CT molecular complexity index is 302. The van der Waals surface area contributed by atoms with E-state index in [9.17, 15) is 0 Å². The molecule has 1 aliphatic rings. The van der Waals surface area contributed by atoms with Gasteiger partial charge in [-0.25, -0.2) is 0 Å². The lowest BCUT2D eigenvalue weighted by Gasteiger charge is -2.31. The molecule has 0 aliphatic heterocycles. The van der Waals surface area contributed by atoms with Crippen LogP contribution in [0, 0.1) is 6.92 Å². The average molecular weight is 195 g/mol. The van der Waals surface area contributed by atoms with Crippen molar-refractivity contribution in [2.45, 2.75) is 51.0 Å². The highest BCUT2D eigenvalue weighted by molar-refractivity contribution is 4.96. The van der Waals surface area contributed by atoms with Gasteiger partial charge in [-0.3, -0.25) is 0 Å². The number of hydrogen-bond acceptors (Lipinski definition) is 4. The first-order chi connectivity index (χ1) is 6.68. The first-order valence-corrected chi connectivity index (χ1v) is 5.26. The molecule has 0 amide bonds. The van der Waals surface area contributed by atoms with Crippen molar-refractivity contribution in [3.63, 3.8) is 0 Å². The van der Waals surface area contributed by atoms with E-state index in [0.29, 0.717) is 11.7 Å². The summed E-state index contributed by atoms with van der Waals surface area (Å²) in [7, 11) is 0. The summed E-state index contributed by atoms with van der Waals surface area (Å²) in [6, 6.07) is 0. The first kappa shape index (κ1) is 9.65. The summed E-state index contributed by atoms with van der Waals surface area (Å²) in [4.78, 5) is 4.19. The molecular weight excluding hydrogens is 178 g/mol. The molecule has 0 unspecified atom stereocenters. The molecule has 1 heterocycles. The fourth-order valence-corrected chi connectivity index (χ4v) is 2.15. The average Bonchev–Trinajstić information content (AvgIpc) is 2.51. The fraction of sp³-hybridized carbons (Fsp3) is 0.800. The highest BCUT2D eigenvalue weighted by atomic mass is 16.5. The number of nitrogens with two attached hydrogens (primary N) is 1. The summed E-state index contributed by atoms with van der Waals surface area (Å²) in [5, 5.41) is 3.77. The van der Waals surface area contributed by atoms with E-state index in [0.717, 1.165) is 19.3 Å². The molecule has 2 N–H and O–H groups in total. The lowest BCUT2D eigenvalue weighted by Crippen LogP contribution is -2.43. The van der Waals surface area contributed by atoms with Gasteiger partial charge in [0.15, 0.2) is 5.82 Å². The maximum atomic E-state index is 6.27. The highest BCUT2D eigenvalue weighted by Gasteiger charge is 2.29. The number of rotatable bonds is 2. The lowest BCUT2D eigenvalue weighted by molar-refractivity contribution is 0.260. The molecule has 4 nitrogen and oxygen atoms in total. The number of nitrogens with zero attached hydrogens (tertiary/aromatic N) is 2. The van der Waals surface area contributed by atoms with Gasteiger partial charge in [0.2, 0.25) is 5.89 Å². The Kier molecular flexibility index (Phi) is 2.54. The van der Waals surface area contributed by atoms with Gasteiger partial charge in [-0.15, -0.1) is 0 Å². The Morgan fingerprint density at radius 1 is 1.36 bits per heavy atom. The third-order valence-electron chi connectivity index (χ3n) is 2.92. The van der Waals surface area contributed by atoms with Crippen molar-refractivity contribution >= 4 is 0 Å². The van der Waals surface area contributed by atoms with Gasteiger partial charge < -0.3 is 10.3 Å². The zero-order valence-corrected chi connectivity index (χ0v) is 8.62. The van der Waals surface area contributed by atoms with Crippen molar-refractivity contribution in [1.29, 1.82) is 0 Å². The summed E-state index contributed by atoms with van der Waals surface area (Å²) in [5.41, 5.74) is 6.17. The van der Waals surface area contributed by atoms with Crippen molar-refractivity contribution in [2.75, 3.05) is 0 Å². The quantitative estimate of drug-likeness (QED) is 0.778. The monoisotopic (exact) mass is 195 g/mol. The van der Waals surface area contributed by atoms with Gasteiger partial charge in [0.05, 0.1) is 0 Å². The Balaban J connectivity index is 2.01. The molecule has 0 aromatic carbocycles. The molecule has 0 atom stereocenters. The smallest absolute Gasteiger partial charge is 0.228 e. The minimum absolute atomic E-state index is 0.1000. The normalized spacial score (nSPS) is 21.0. The van der Waals surface area contributed by atoms with E-state index in [1.807, 2.05) is 6.92 Å². The van der Waals surface area contributed by atoms with Gasteiger partial charge in [-0.1, -0.05) is 24.4 Å². The molecular formula is C10H17N3O. The summed E-state index contributed by atoms with van der Waals surface area (Å²) >= 11 is 0. The van der Waals surface area contributed by atoms with Crippen LogP contribution in [0.4, 0.5) is 0 Å². The second-order valence-electron chi connectivity index (χ2n) is 4.34. The van der Waals surface area contributed by atoms with Gasteiger partial charge >= 0.3 is 0 Å². The maximum Gasteiger partial charge on any atom is 0.228 e. The van der Waals surface area contributed by atoms with Crippen molar-refractivity contribution < 1.29 is 4.52 Å². The minimum atomic E-state index is -0.1000. The standard InChI is InChI=1S/C10H17N3O/c1-8-12-9(14-13-8)7-10(11)5-3-2-4-6-10/h2-7,11H2,1H3. The van der Waals surface area contributed by atoms with Crippen LogP contribution >= 0.6 is 0 Å². The van der Waals surface area contributed by atoms with Crippen LogP contribution in [0.25, 0.3) is 0 Å². The second kappa shape index (κ2) is 3.69. The van der Waals surface area contributed by atoms with Crippen LogP contribution in [0.1, 0.15) is 43.8 Å². The third-order valence-corrected chi connectivity index (χ3v) is 2.92. The number of aromatic nitrogens is 2. The summed E-state index contributed by atoms with van der Waals surface area (Å²) in [6.45, 7) is 1.83. The van der Waals surface area contributed by atoms with Crippen LogP contribution in [0.3, 0.4) is 0 Å². The van der Waals surface area contributed by atoms with E-state index in [4.69, 9.17) is 10.3 Å². The van der Waals surface area contributed by atoms with E-state index in [1.165, 1.54) is 19.3 Å². The predicted octanol–water partition coefficient (Wildman–Crippen LogP) is 1.58. The molecule has 1 aromatic rings. The van der Waals surface area contributed by atoms with E-state index >= 15 is 0 Å². The Morgan fingerprint density at radius 3 is 2.64 bits per heavy atom. The molecule has 1 fully saturated rings. The topological polar surface area (TPSA) is 64.9 Å². The van der Waals surface area contributed by atoms with Gasteiger partial charge in [0.25, 0.3) is 0 Å².